The van der Waals surface area contributed by atoms with Crippen molar-refractivity contribution in [2.24, 2.45) is 11.3 Å². The maximum Gasteiger partial charge on any atom is 0.0878 e. The van der Waals surface area contributed by atoms with Crippen LogP contribution in [0.3, 0.4) is 0 Å². The van der Waals surface area contributed by atoms with Crippen LogP contribution in [-0.2, 0) is 0 Å². The Hall–Kier alpha value is -0.560. The molecule has 0 amide bonds. The molecular formula is C19H36N+. The third-order valence-corrected chi connectivity index (χ3v) is 5.11. The van der Waals surface area contributed by atoms with E-state index in [2.05, 4.69) is 61.8 Å². The Morgan fingerprint density at radius 2 is 1.70 bits per heavy atom. The maximum absolute atomic E-state index is 2.50. The Balaban J connectivity index is 3.07. The fraction of sp³-hybridized carbons (Fsp3) is 0.789. The molecule has 0 fully saturated rings. The minimum Gasteiger partial charge on any atom is -0.330 e. The van der Waals surface area contributed by atoms with Gasteiger partial charge in [0.25, 0.3) is 0 Å². The number of hydrogen-bond acceptors (Lipinski definition) is 0. The molecule has 0 aliphatic heterocycles. The van der Waals surface area contributed by atoms with Crippen LogP contribution in [0.4, 0.5) is 0 Å². The third kappa shape index (κ3) is 3.97. The SMILES string of the molecule is CCCCC[C@H]1C(C)=CC(C)=C(C)[C@@]1(C)C[N+](C)(C)C. The summed E-state index contributed by atoms with van der Waals surface area (Å²) in [6.07, 6.45) is 7.83. The highest BCUT2D eigenvalue weighted by molar-refractivity contribution is 5.37. The lowest BCUT2D eigenvalue weighted by molar-refractivity contribution is -0.876. The Kier molecular flexibility index (Phi) is 5.66. The normalized spacial score (nSPS) is 27.8. The molecule has 1 aliphatic carbocycles. The summed E-state index contributed by atoms with van der Waals surface area (Å²) in [5, 5.41) is 0. The molecule has 1 rings (SSSR count). The summed E-state index contributed by atoms with van der Waals surface area (Å²) in [6, 6.07) is 0. The van der Waals surface area contributed by atoms with E-state index >= 15 is 0 Å². The van der Waals surface area contributed by atoms with Crippen LogP contribution in [0.2, 0.25) is 0 Å². The van der Waals surface area contributed by atoms with Gasteiger partial charge in [-0.05, 0) is 40.0 Å². The minimum atomic E-state index is 0.314. The summed E-state index contributed by atoms with van der Waals surface area (Å²) in [5.41, 5.74) is 5.01. The van der Waals surface area contributed by atoms with E-state index < -0.39 is 0 Å². The van der Waals surface area contributed by atoms with Crippen molar-refractivity contribution >= 4 is 0 Å². The van der Waals surface area contributed by atoms with Crippen LogP contribution in [0.15, 0.2) is 22.8 Å². The first-order chi connectivity index (χ1) is 9.12. The molecule has 0 unspecified atom stereocenters. The van der Waals surface area contributed by atoms with E-state index in [4.69, 9.17) is 0 Å². The average Bonchev–Trinajstić information content (AvgIpc) is 2.29. The molecule has 0 saturated heterocycles. The first-order valence-corrected chi connectivity index (χ1v) is 8.28. The fourth-order valence-corrected chi connectivity index (χ4v) is 4.12. The summed E-state index contributed by atoms with van der Waals surface area (Å²) in [6.45, 7) is 13.0. The lowest BCUT2D eigenvalue weighted by atomic mass is 9.62. The van der Waals surface area contributed by atoms with Crippen LogP contribution < -0.4 is 0 Å². The van der Waals surface area contributed by atoms with Gasteiger partial charge in [0.2, 0.25) is 0 Å². The largest absolute Gasteiger partial charge is 0.330 e. The molecule has 1 nitrogen and oxygen atoms in total. The number of unbranched alkanes of at least 4 members (excludes halogenated alkanes) is 2. The number of quaternary nitrogens is 1. The molecule has 20 heavy (non-hydrogen) atoms. The highest BCUT2D eigenvalue weighted by atomic mass is 15.3. The van der Waals surface area contributed by atoms with E-state index in [-0.39, 0.29) is 0 Å². The molecule has 0 saturated carbocycles. The minimum absolute atomic E-state index is 0.314. The molecule has 116 valence electrons. The predicted octanol–water partition coefficient (Wildman–Crippen LogP) is 5.19. The molecular weight excluding hydrogens is 242 g/mol. The molecule has 0 radical (unpaired) electrons. The summed E-state index contributed by atoms with van der Waals surface area (Å²) in [4.78, 5) is 0. The van der Waals surface area contributed by atoms with Crippen LogP contribution in [0, 0.1) is 11.3 Å². The van der Waals surface area contributed by atoms with Crippen molar-refractivity contribution in [1.82, 2.24) is 0 Å². The van der Waals surface area contributed by atoms with Crippen molar-refractivity contribution in [2.75, 3.05) is 27.7 Å². The van der Waals surface area contributed by atoms with E-state index in [0.29, 0.717) is 5.41 Å². The van der Waals surface area contributed by atoms with Gasteiger partial charge in [0.15, 0.2) is 0 Å². The van der Waals surface area contributed by atoms with Crippen molar-refractivity contribution in [1.29, 1.82) is 0 Å². The van der Waals surface area contributed by atoms with E-state index in [1.54, 1.807) is 11.1 Å². The zero-order valence-corrected chi connectivity index (χ0v) is 15.1. The predicted molar refractivity (Wildman–Crippen MR) is 90.8 cm³/mol. The van der Waals surface area contributed by atoms with Gasteiger partial charge in [-0.1, -0.05) is 49.0 Å². The molecule has 0 aromatic carbocycles. The first kappa shape index (κ1) is 17.5. The molecule has 0 heterocycles. The van der Waals surface area contributed by atoms with E-state index in [9.17, 15) is 0 Å². The standard InChI is InChI=1S/C19H36N/c1-9-10-11-12-18-16(3)13-15(2)17(4)19(18,5)14-20(6,7)8/h13,18H,9-12,14H2,1-8H3/q+1/t18-,19+/m0/s1. The van der Waals surface area contributed by atoms with Crippen molar-refractivity contribution < 1.29 is 4.48 Å². The highest BCUT2D eigenvalue weighted by Crippen LogP contribution is 2.47. The summed E-state index contributed by atoms with van der Waals surface area (Å²) in [7, 11) is 6.97. The number of allylic oxidation sites excluding steroid dienone is 3. The molecule has 1 heteroatoms. The van der Waals surface area contributed by atoms with E-state index in [0.717, 1.165) is 10.4 Å². The summed E-state index contributed by atoms with van der Waals surface area (Å²) in [5.74, 6) is 0.718. The topological polar surface area (TPSA) is 0 Å². The van der Waals surface area contributed by atoms with Crippen molar-refractivity contribution in [3.63, 3.8) is 0 Å². The monoisotopic (exact) mass is 278 g/mol. The average molecular weight is 279 g/mol. The smallest absolute Gasteiger partial charge is 0.0878 e. The van der Waals surface area contributed by atoms with Crippen LogP contribution >= 0.6 is 0 Å². The number of rotatable bonds is 6. The lowest BCUT2D eigenvalue weighted by Crippen LogP contribution is -2.49. The molecule has 0 bridgehead atoms. The highest BCUT2D eigenvalue weighted by Gasteiger charge is 2.43. The van der Waals surface area contributed by atoms with Gasteiger partial charge in [0, 0.05) is 5.41 Å². The second-order valence-electron chi connectivity index (χ2n) is 8.11. The lowest BCUT2D eigenvalue weighted by Gasteiger charge is -2.46. The number of hydrogen-bond donors (Lipinski definition) is 0. The van der Waals surface area contributed by atoms with Gasteiger partial charge in [-0.2, -0.15) is 0 Å². The van der Waals surface area contributed by atoms with Crippen LogP contribution in [0.1, 0.15) is 60.3 Å². The van der Waals surface area contributed by atoms with Gasteiger partial charge in [-0.15, -0.1) is 0 Å². The third-order valence-electron chi connectivity index (χ3n) is 5.11. The van der Waals surface area contributed by atoms with Gasteiger partial charge in [-0.25, -0.2) is 0 Å². The quantitative estimate of drug-likeness (QED) is 0.463. The molecule has 0 N–H and O–H groups in total. The Morgan fingerprint density at radius 3 is 2.20 bits per heavy atom. The van der Waals surface area contributed by atoms with E-state index in [1.165, 1.54) is 37.8 Å². The van der Waals surface area contributed by atoms with Gasteiger partial charge in [-0.3, -0.25) is 0 Å². The van der Waals surface area contributed by atoms with Crippen LogP contribution in [0.25, 0.3) is 0 Å². The van der Waals surface area contributed by atoms with Crippen LogP contribution in [0.5, 0.6) is 0 Å². The summed E-state index contributed by atoms with van der Waals surface area (Å²) >= 11 is 0. The molecule has 0 spiro atoms. The Morgan fingerprint density at radius 1 is 1.10 bits per heavy atom. The van der Waals surface area contributed by atoms with Gasteiger partial charge >= 0.3 is 0 Å². The van der Waals surface area contributed by atoms with Gasteiger partial charge in [0.05, 0.1) is 27.7 Å². The van der Waals surface area contributed by atoms with Crippen molar-refractivity contribution in [3.05, 3.63) is 22.8 Å². The molecule has 1 aliphatic rings. The number of nitrogens with zero attached hydrogens (tertiary/aromatic N) is 1. The maximum atomic E-state index is 2.50. The zero-order valence-electron chi connectivity index (χ0n) is 15.1. The van der Waals surface area contributed by atoms with Crippen molar-refractivity contribution in [3.8, 4) is 0 Å². The second-order valence-corrected chi connectivity index (χ2v) is 8.11. The Bertz CT molecular complexity index is 394. The van der Waals surface area contributed by atoms with Gasteiger partial charge in [0.1, 0.15) is 0 Å². The molecule has 2 atom stereocenters. The first-order valence-electron chi connectivity index (χ1n) is 8.28. The fourth-order valence-electron chi connectivity index (χ4n) is 4.12. The second kappa shape index (κ2) is 6.47. The van der Waals surface area contributed by atoms with Crippen molar-refractivity contribution in [2.45, 2.75) is 60.3 Å². The zero-order chi connectivity index (χ0) is 15.6. The molecule has 0 aromatic rings. The van der Waals surface area contributed by atoms with E-state index in [1.807, 2.05) is 0 Å². The van der Waals surface area contributed by atoms with Gasteiger partial charge < -0.3 is 4.48 Å². The van der Waals surface area contributed by atoms with Crippen LogP contribution in [-0.4, -0.2) is 32.2 Å². The molecule has 0 aromatic heterocycles. The summed E-state index contributed by atoms with van der Waals surface area (Å²) < 4.78 is 1.04. The Labute approximate surface area is 127 Å².